The molecule has 1 aromatic rings. The van der Waals surface area contributed by atoms with Gasteiger partial charge in [0, 0.05) is 0 Å². The second-order valence-electron chi connectivity index (χ2n) is 7.76. The van der Waals surface area contributed by atoms with Crippen molar-refractivity contribution in [3.8, 4) is 5.75 Å². The van der Waals surface area contributed by atoms with Gasteiger partial charge in [0.15, 0.2) is 5.44 Å². The Kier molecular flexibility index (Phi) is 16.6. The topological polar surface area (TPSA) is 66.4 Å². The molecule has 0 aromatic heterocycles. The smallest absolute Gasteiger partial charge is 0.745 e. The van der Waals surface area contributed by atoms with Crippen LogP contribution in [0.4, 0.5) is 0 Å². The monoisotopic (exact) mass is 434 g/mol. The Balaban J connectivity index is 0.00000784. The molecule has 1 rings (SSSR count). The van der Waals surface area contributed by atoms with E-state index in [-0.39, 0.29) is 36.0 Å². The van der Waals surface area contributed by atoms with E-state index in [1.165, 1.54) is 62.5 Å². The van der Waals surface area contributed by atoms with Crippen LogP contribution in [0, 0.1) is 0 Å². The normalized spacial score (nSPS) is 12.4. The summed E-state index contributed by atoms with van der Waals surface area (Å²) in [6, 6.07) is 6.04. The van der Waals surface area contributed by atoms with Crippen LogP contribution in [0.3, 0.4) is 0 Å². The average molecular weight is 435 g/mol. The number of aryl methyl sites for hydroxylation is 2. The van der Waals surface area contributed by atoms with Crippen LogP contribution in [0.25, 0.3) is 0 Å². The van der Waals surface area contributed by atoms with Gasteiger partial charge < -0.3 is 9.29 Å². The van der Waals surface area contributed by atoms with Gasteiger partial charge in [-0.25, -0.2) is 8.42 Å². The van der Waals surface area contributed by atoms with Crippen LogP contribution in [-0.2, 0) is 23.0 Å². The van der Waals surface area contributed by atoms with E-state index in [2.05, 4.69) is 19.9 Å². The van der Waals surface area contributed by atoms with Crippen molar-refractivity contribution in [3.63, 3.8) is 0 Å². The first kappa shape index (κ1) is 28.9. The number of ether oxygens (including phenoxy) is 1. The molecule has 0 heterocycles. The van der Waals surface area contributed by atoms with Crippen molar-refractivity contribution in [1.82, 2.24) is 0 Å². The van der Waals surface area contributed by atoms with Crippen molar-refractivity contribution in [2.24, 2.45) is 0 Å². The van der Waals surface area contributed by atoms with Crippen molar-refractivity contribution in [2.75, 3.05) is 0 Å². The van der Waals surface area contributed by atoms with Crippen LogP contribution >= 0.6 is 0 Å². The third-order valence-corrected chi connectivity index (χ3v) is 6.16. The quantitative estimate of drug-likeness (QED) is 0.227. The van der Waals surface area contributed by atoms with E-state index in [0.717, 1.165) is 25.7 Å². The fourth-order valence-electron chi connectivity index (χ4n) is 3.45. The summed E-state index contributed by atoms with van der Waals surface area (Å²) in [7, 11) is -4.47. The largest absolute Gasteiger partial charge is 1.00 e. The second-order valence-corrected chi connectivity index (χ2v) is 9.27. The molecule has 0 N–H and O–H groups in total. The summed E-state index contributed by atoms with van der Waals surface area (Å²) in [6.07, 6.45) is 14.2. The molecular formula is C23H39NaO4S. The Morgan fingerprint density at radius 3 is 1.62 bits per heavy atom. The minimum atomic E-state index is -4.47. The molecule has 0 saturated carbocycles. The maximum absolute atomic E-state index is 11.4. The molecule has 1 unspecified atom stereocenters. The molecule has 0 radical (unpaired) electrons. The molecule has 29 heavy (non-hydrogen) atoms. The molecule has 0 amide bonds. The first-order valence-electron chi connectivity index (χ1n) is 11.1. The van der Waals surface area contributed by atoms with Crippen LogP contribution in [0.1, 0.15) is 103 Å². The average Bonchev–Trinajstić information content (AvgIpc) is 2.65. The Morgan fingerprint density at radius 2 is 1.24 bits per heavy atom. The van der Waals surface area contributed by atoms with Gasteiger partial charge in [0.2, 0.25) is 0 Å². The zero-order valence-electron chi connectivity index (χ0n) is 19.0. The fraction of sp³-hybridized carbons (Fsp3) is 0.739. The van der Waals surface area contributed by atoms with Crippen molar-refractivity contribution in [2.45, 2.75) is 110 Å². The van der Waals surface area contributed by atoms with Crippen molar-refractivity contribution in [1.29, 1.82) is 0 Å². The van der Waals surface area contributed by atoms with E-state index in [1.807, 2.05) is 12.1 Å². The molecule has 0 aliphatic heterocycles. The summed E-state index contributed by atoms with van der Waals surface area (Å²) in [6.45, 7) is 6.08. The fourth-order valence-corrected chi connectivity index (χ4v) is 4.09. The van der Waals surface area contributed by atoms with Crippen LogP contribution in [0.5, 0.6) is 5.75 Å². The molecule has 1 aromatic carbocycles. The summed E-state index contributed by atoms with van der Waals surface area (Å²) in [5, 5.41) is 0. The third kappa shape index (κ3) is 13.1. The van der Waals surface area contributed by atoms with Gasteiger partial charge in [-0.05, 0) is 55.4 Å². The van der Waals surface area contributed by atoms with Gasteiger partial charge in [-0.1, -0.05) is 78.2 Å². The van der Waals surface area contributed by atoms with Gasteiger partial charge in [0.1, 0.15) is 15.9 Å². The van der Waals surface area contributed by atoms with Gasteiger partial charge in [-0.15, -0.1) is 0 Å². The number of hydrogen-bond donors (Lipinski definition) is 0. The molecule has 0 aliphatic rings. The van der Waals surface area contributed by atoms with Gasteiger partial charge >= 0.3 is 29.6 Å². The van der Waals surface area contributed by atoms with Gasteiger partial charge in [0.25, 0.3) is 0 Å². The number of rotatable bonds is 16. The SMILES string of the molecule is CCCCCCCc1cc(CCCCCCC)cc(OC(CC)S(=O)(=O)[O-])c1.[Na+]. The molecule has 0 bridgehead atoms. The van der Waals surface area contributed by atoms with Crippen molar-refractivity contribution < 1.29 is 47.3 Å². The maximum atomic E-state index is 11.4. The molecule has 0 fully saturated rings. The Morgan fingerprint density at radius 1 is 0.793 bits per heavy atom. The third-order valence-electron chi connectivity index (χ3n) is 5.09. The number of benzene rings is 1. The molecule has 0 aliphatic carbocycles. The summed E-state index contributed by atoms with van der Waals surface area (Å²) >= 11 is 0. The first-order chi connectivity index (χ1) is 13.4. The molecule has 6 heteroatoms. The predicted molar refractivity (Wildman–Crippen MR) is 116 cm³/mol. The van der Waals surface area contributed by atoms with E-state index >= 15 is 0 Å². The summed E-state index contributed by atoms with van der Waals surface area (Å²) < 4.78 is 39.8. The van der Waals surface area contributed by atoms with Crippen LogP contribution in [0.2, 0.25) is 0 Å². The van der Waals surface area contributed by atoms with Crippen LogP contribution < -0.4 is 34.3 Å². The molecule has 0 spiro atoms. The molecule has 0 saturated heterocycles. The molecule has 1 atom stereocenters. The van der Waals surface area contributed by atoms with Crippen LogP contribution in [-0.4, -0.2) is 18.4 Å². The van der Waals surface area contributed by atoms with Gasteiger partial charge in [0.05, 0.1) is 0 Å². The number of hydrogen-bond acceptors (Lipinski definition) is 4. The van der Waals surface area contributed by atoms with Gasteiger partial charge in [-0.3, -0.25) is 0 Å². The Bertz CT molecular complexity index is 614. The van der Waals surface area contributed by atoms with Crippen molar-refractivity contribution >= 4 is 10.1 Å². The minimum absolute atomic E-state index is 0. The summed E-state index contributed by atoms with van der Waals surface area (Å²) in [5.41, 5.74) is 1.04. The molecule has 4 nitrogen and oxygen atoms in total. The Labute approximate surface area is 201 Å². The van der Waals surface area contributed by atoms with Crippen molar-refractivity contribution in [3.05, 3.63) is 29.3 Å². The summed E-state index contributed by atoms with van der Waals surface area (Å²) in [5.74, 6) is 0.515. The second kappa shape index (κ2) is 16.6. The minimum Gasteiger partial charge on any atom is -0.745 e. The predicted octanol–water partition coefficient (Wildman–Crippen LogP) is 3.38. The first-order valence-corrected chi connectivity index (χ1v) is 12.6. The number of unbranched alkanes of at least 4 members (excludes halogenated alkanes) is 8. The van der Waals surface area contributed by atoms with E-state index in [0.29, 0.717) is 5.75 Å². The van der Waals surface area contributed by atoms with E-state index in [4.69, 9.17) is 4.74 Å². The zero-order chi connectivity index (χ0) is 20.8. The standard InChI is InChI=1S/C23H40O4S.Na/c1-4-7-9-11-13-15-20-17-21(16-14-12-10-8-5-2)19-22(18-20)27-23(6-3)28(24,25)26;/h17-19,23H,4-16H2,1-3H3,(H,24,25,26);/q;+1/p-1. The van der Waals surface area contributed by atoms with Gasteiger partial charge in [-0.2, -0.15) is 0 Å². The van der Waals surface area contributed by atoms with Crippen LogP contribution in [0.15, 0.2) is 18.2 Å². The maximum Gasteiger partial charge on any atom is 1.00 e. The van der Waals surface area contributed by atoms with E-state index in [1.54, 1.807) is 6.92 Å². The van der Waals surface area contributed by atoms with E-state index in [9.17, 15) is 13.0 Å². The molecular weight excluding hydrogens is 395 g/mol. The Hall–Kier alpha value is -0.0700. The summed E-state index contributed by atoms with van der Waals surface area (Å²) in [4.78, 5) is 0. The molecule has 162 valence electrons. The van der Waals surface area contributed by atoms with E-state index < -0.39 is 15.6 Å². The zero-order valence-corrected chi connectivity index (χ0v) is 21.9.